The third-order valence-electron chi connectivity index (χ3n) is 4.65. The molecular weight excluding hydrogens is 264 g/mol. The second kappa shape index (κ2) is 5.24. The van der Waals surface area contributed by atoms with E-state index in [1.807, 2.05) is 6.08 Å². The molecule has 1 aromatic carbocycles. The predicted molar refractivity (Wildman–Crippen MR) is 81.6 cm³/mol. The summed E-state index contributed by atoms with van der Waals surface area (Å²) in [5.41, 5.74) is 6.98. The topological polar surface area (TPSA) is 37.6 Å². The largest absolute Gasteiger partial charge is 0.373 e. The van der Waals surface area contributed by atoms with Crippen molar-refractivity contribution in [1.29, 1.82) is 0 Å². The van der Waals surface area contributed by atoms with Gasteiger partial charge in [0.1, 0.15) is 0 Å². The molecule has 0 amide bonds. The molecule has 21 heavy (non-hydrogen) atoms. The van der Waals surface area contributed by atoms with Crippen LogP contribution in [0.15, 0.2) is 12.6 Å². The Morgan fingerprint density at radius 2 is 1.43 bits per heavy atom. The molecule has 3 saturated heterocycles. The summed E-state index contributed by atoms with van der Waals surface area (Å²) in [6.45, 7) is 8.91. The highest BCUT2D eigenvalue weighted by Crippen LogP contribution is 2.33. The van der Waals surface area contributed by atoms with E-state index in [4.69, 9.17) is 14.2 Å². The molecule has 0 saturated carbocycles. The molecule has 0 radical (unpaired) electrons. The minimum atomic E-state index is 0.398. The zero-order valence-electron chi connectivity index (χ0n) is 12.6. The van der Waals surface area contributed by atoms with Crippen molar-refractivity contribution in [3.8, 4) is 0 Å². The molecule has 0 spiro atoms. The number of aryl methyl sites for hydroxylation is 1. The smallest absolute Gasteiger partial charge is 0.0850 e. The standard InChI is InChI=1S/C18H22O3/c1-3-12-4-11(2)16(5-13-8-19-13)18(7-15-10-21-15)17(12)6-14-9-20-14/h3-4,13-15H,1,5-10H2,2H3. The van der Waals surface area contributed by atoms with Crippen molar-refractivity contribution in [2.45, 2.75) is 44.5 Å². The van der Waals surface area contributed by atoms with E-state index >= 15 is 0 Å². The van der Waals surface area contributed by atoms with Crippen LogP contribution in [-0.4, -0.2) is 38.1 Å². The second-order valence-corrected chi connectivity index (χ2v) is 6.40. The molecule has 3 heteroatoms. The van der Waals surface area contributed by atoms with Gasteiger partial charge in [0.05, 0.1) is 38.1 Å². The van der Waals surface area contributed by atoms with Crippen molar-refractivity contribution in [3.05, 3.63) is 40.5 Å². The Bertz CT molecular complexity index is 566. The first-order valence-corrected chi connectivity index (χ1v) is 7.86. The molecule has 3 aliphatic heterocycles. The molecule has 0 aliphatic carbocycles. The summed E-state index contributed by atoms with van der Waals surface area (Å²) in [7, 11) is 0. The van der Waals surface area contributed by atoms with Crippen molar-refractivity contribution >= 4 is 6.08 Å². The summed E-state index contributed by atoms with van der Waals surface area (Å²) in [6, 6.07) is 2.28. The molecular formula is C18H22O3. The van der Waals surface area contributed by atoms with Crippen LogP contribution in [0.3, 0.4) is 0 Å². The van der Waals surface area contributed by atoms with Crippen LogP contribution < -0.4 is 0 Å². The van der Waals surface area contributed by atoms with E-state index in [2.05, 4.69) is 19.6 Å². The van der Waals surface area contributed by atoms with Crippen LogP contribution in [-0.2, 0) is 33.5 Å². The fraction of sp³-hybridized carbons (Fsp3) is 0.556. The Morgan fingerprint density at radius 1 is 0.952 bits per heavy atom. The van der Waals surface area contributed by atoms with Gasteiger partial charge in [-0.1, -0.05) is 18.7 Å². The maximum Gasteiger partial charge on any atom is 0.0850 e. The van der Waals surface area contributed by atoms with E-state index in [0.29, 0.717) is 18.3 Å². The first kappa shape index (κ1) is 13.5. The van der Waals surface area contributed by atoms with Crippen molar-refractivity contribution < 1.29 is 14.2 Å². The normalized spacial score (nSPS) is 29.3. The quantitative estimate of drug-likeness (QED) is 0.723. The number of epoxide rings is 3. The average Bonchev–Trinajstić information content (AvgIpc) is 3.32. The van der Waals surface area contributed by atoms with Gasteiger partial charge in [-0.3, -0.25) is 0 Å². The van der Waals surface area contributed by atoms with E-state index in [0.717, 1.165) is 39.1 Å². The first-order valence-electron chi connectivity index (χ1n) is 7.86. The molecule has 3 atom stereocenters. The lowest BCUT2D eigenvalue weighted by molar-refractivity contribution is 0.397. The maximum atomic E-state index is 5.49. The van der Waals surface area contributed by atoms with Gasteiger partial charge in [-0.2, -0.15) is 0 Å². The SMILES string of the molecule is C=Cc1cc(C)c(CC2CO2)c(CC2CO2)c1CC1CO1. The van der Waals surface area contributed by atoms with E-state index in [1.54, 1.807) is 0 Å². The van der Waals surface area contributed by atoms with E-state index in [-0.39, 0.29) is 0 Å². The highest BCUT2D eigenvalue weighted by Gasteiger charge is 2.32. The molecule has 4 rings (SSSR count). The van der Waals surface area contributed by atoms with Gasteiger partial charge in [0.15, 0.2) is 0 Å². The average molecular weight is 286 g/mol. The molecule has 0 bridgehead atoms. The highest BCUT2D eigenvalue weighted by atomic mass is 16.6. The van der Waals surface area contributed by atoms with Gasteiger partial charge >= 0.3 is 0 Å². The summed E-state index contributed by atoms with van der Waals surface area (Å²) < 4.78 is 16.4. The van der Waals surface area contributed by atoms with Crippen molar-refractivity contribution in [2.24, 2.45) is 0 Å². The third-order valence-corrected chi connectivity index (χ3v) is 4.65. The van der Waals surface area contributed by atoms with E-state index in [1.165, 1.54) is 27.8 Å². The molecule has 3 aliphatic rings. The van der Waals surface area contributed by atoms with Crippen LogP contribution in [0.1, 0.15) is 27.8 Å². The van der Waals surface area contributed by atoms with Gasteiger partial charge in [0, 0.05) is 19.3 Å². The lowest BCUT2D eigenvalue weighted by Gasteiger charge is -2.19. The highest BCUT2D eigenvalue weighted by molar-refractivity contribution is 5.59. The van der Waals surface area contributed by atoms with Gasteiger partial charge in [-0.15, -0.1) is 0 Å². The summed E-state index contributed by atoms with van der Waals surface area (Å²) in [4.78, 5) is 0. The van der Waals surface area contributed by atoms with Gasteiger partial charge in [-0.05, 0) is 34.7 Å². The van der Waals surface area contributed by atoms with Crippen LogP contribution >= 0.6 is 0 Å². The number of rotatable bonds is 7. The fourth-order valence-corrected chi connectivity index (χ4v) is 3.20. The monoisotopic (exact) mass is 286 g/mol. The molecule has 3 nitrogen and oxygen atoms in total. The second-order valence-electron chi connectivity index (χ2n) is 6.40. The van der Waals surface area contributed by atoms with Gasteiger partial charge in [0.25, 0.3) is 0 Å². The zero-order chi connectivity index (χ0) is 14.4. The molecule has 1 aromatic rings. The predicted octanol–water partition coefficient (Wildman–Crippen LogP) is 2.46. The van der Waals surface area contributed by atoms with Crippen LogP contribution in [0.2, 0.25) is 0 Å². The minimum absolute atomic E-state index is 0.398. The van der Waals surface area contributed by atoms with Crippen molar-refractivity contribution in [2.75, 3.05) is 19.8 Å². The van der Waals surface area contributed by atoms with Crippen LogP contribution in [0.5, 0.6) is 0 Å². The molecule has 112 valence electrons. The van der Waals surface area contributed by atoms with Crippen LogP contribution in [0.25, 0.3) is 6.08 Å². The lowest BCUT2D eigenvalue weighted by Crippen LogP contribution is -2.12. The van der Waals surface area contributed by atoms with E-state index < -0.39 is 0 Å². The summed E-state index contributed by atoms with van der Waals surface area (Å²) >= 11 is 0. The molecule has 3 heterocycles. The van der Waals surface area contributed by atoms with Gasteiger partial charge in [0.2, 0.25) is 0 Å². The maximum absolute atomic E-state index is 5.49. The van der Waals surface area contributed by atoms with Gasteiger partial charge < -0.3 is 14.2 Å². The minimum Gasteiger partial charge on any atom is -0.373 e. The summed E-state index contributed by atoms with van der Waals surface area (Å²) in [5, 5.41) is 0. The molecule has 0 N–H and O–H groups in total. The Morgan fingerprint density at radius 3 is 1.90 bits per heavy atom. The third kappa shape index (κ3) is 3.05. The fourth-order valence-electron chi connectivity index (χ4n) is 3.20. The van der Waals surface area contributed by atoms with Crippen LogP contribution in [0.4, 0.5) is 0 Å². The molecule has 0 aromatic heterocycles. The summed E-state index contributed by atoms with van der Waals surface area (Å²) in [6.07, 6.45) is 6.26. The lowest BCUT2D eigenvalue weighted by atomic mass is 9.85. The molecule has 3 unspecified atom stereocenters. The Kier molecular flexibility index (Phi) is 3.37. The first-order chi connectivity index (χ1) is 10.2. The number of benzene rings is 1. The Balaban J connectivity index is 1.76. The van der Waals surface area contributed by atoms with Gasteiger partial charge in [-0.25, -0.2) is 0 Å². The van der Waals surface area contributed by atoms with E-state index in [9.17, 15) is 0 Å². The zero-order valence-corrected chi connectivity index (χ0v) is 12.6. The van der Waals surface area contributed by atoms with Crippen molar-refractivity contribution in [1.82, 2.24) is 0 Å². The number of hydrogen-bond acceptors (Lipinski definition) is 3. The van der Waals surface area contributed by atoms with Crippen molar-refractivity contribution in [3.63, 3.8) is 0 Å². The Hall–Kier alpha value is -1.16. The Labute approximate surface area is 125 Å². The number of hydrogen-bond donors (Lipinski definition) is 0. The number of ether oxygens (including phenoxy) is 3. The summed E-state index contributed by atoms with van der Waals surface area (Å²) in [5.74, 6) is 0. The molecule has 3 fully saturated rings. The van der Waals surface area contributed by atoms with Crippen LogP contribution in [0, 0.1) is 6.92 Å².